The number of nitrogens with two attached hydrogens (primary N) is 1. The van der Waals surface area contributed by atoms with Crippen molar-refractivity contribution in [1.82, 2.24) is 14.1 Å². The Balaban J connectivity index is 0.00000324. The highest BCUT2D eigenvalue weighted by atomic mass is 35.5. The van der Waals surface area contributed by atoms with Gasteiger partial charge in [-0.3, -0.25) is 4.68 Å². The molecule has 8 heteroatoms. The summed E-state index contributed by atoms with van der Waals surface area (Å²) in [5.41, 5.74) is 5.91. The molecule has 0 amide bonds. The average Bonchev–Trinajstić information content (AvgIpc) is 2.72. The van der Waals surface area contributed by atoms with Crippen LogP contribution in [0.1, 0.15) is 20.3 Å². The summed E-state index contributed by atoms with van der Waals surface area (Å²) in [4.78, 5) is 0.214. The third-order valence-electron chi connectivity index (χ3n) is 3.02. The zero-order chi connectivity index (χ0) is 13.9. The zero-order valence-electron chi connectivity index (χ0n) is 11.8. The number of hydrogen-bond acceptors (Lipinski definition) is 4. The molecule has 0 saturated carbocycles. The minimum absolute atomic E-state index is 0. The van der Waals surface area contributed by atoms with E-state index in [2.05, 4.69) is 5.10 Å². The van der Waals surface area contributed by atoms with Gasteiger partial charge in [-0.1, -0.05) is 13.8 Å². The summed E-state index contributed by atoms with van der Waals surface area (Å²) >= 11 is 0. The van der Waals surface area contributed by atoms with Crippen molar-refractivity contribution in [2.24, 2.45) is 18.7 Å². The lowest BCUT2D eigenvalue weighted by Crippen LogP contribution is -2.34. The van der Waals surface area contributed by atoms with Crippen LogP contribution < -0.4 is 5.73 Å². The fourth-order valence-electron chi connectivity index (χ4n) is 1.50. The molecule has 2 N–H and O–H groups in total. The summed E-state index contributed by atoms with van der Waals surface area (Å²) in [6.07, 6.45) is 3.50. The summed E-state index contributed by atoms with van der Waals surface area (Å²) in [7, 11) is -0.192. The van der Waals surface area contributed by atoms with Crippen molar-refractivity contribution in [1.29, 1.82) is 0 Å². The van der Waals surface area contributed by atoms with Crippen molar-refractivity contribution < 1.29 is 8.42 Å². The van der Waals surface area contributed by atoms with E-state index in [1.54, 1.807) is 14.1 Å². The molecule has 0 radical (unpaired) electrons. The van der Waals surface area contributed by atoms with Crippen molar-refractivity contribution in [3.63, 3.8) is 0 Å². The van der Waals surface area contributed by atoms with Crippen LogP contribution in [-0.2, 0) is 17.1 Å². The smallest absolute Gasteiger partial charge is 0.245 e. The van der Waals surface area contributed by atoms with Gasteiger partial charge in [0.1, 0.15) is 4.90 Å². The Bertz CT molecular complexity index is 487. The molecule has 1 rings (SSSR count). The van der Waals surface area contributed by atoms with Gasteiger partial charge >= 0.3 is 0 Å². The lowest BCUT2D eigenvalue weighted by molar-refractivity contribution is 0.397. The molecule has 0 aliphatic rings. The van der Waals surface area contributed by atoms with E-state index in [0.717, 1.165) is 0 Å². The maximum absolute atomic E-state index is 12.2. The first kappa shape index (κ1) is 18.4. The molecule has 0 fully saturated rings. The van der Waals surface area contributed by atoms with Gasteiger partial charge < -0.3 is 5.73 Å². The second-order valence-corrected chi connectivity index (χ2v) is 6.92. The van der Waals surface area contributed by atoms with Gasteiger partial charge in [0, 0.05) is 32.9 Å². The Morgan fingerprint density at radius 3 is 2.47 bits per heavy atom. The highest BCUT2D eigenvalue weighted by Crippen LogP contribution is 2.14. The van der Waals surface area contributed by atoms with Gasteiger partial charge in [-0.2, -0.15) is 5.10 Å². The number of rotatable bonds is 6. The summed E-state index contributed by atoms with van der Waals surface area (Å²) in [5.74, 6) is 0.347. The molecule has 0 aromatic carbocycles. The second-order valence-electron chi connectivity index (χ2n) is 4.87. The SMILES string of the molecule is CC(C)C(N)CCN(C)S(=O)(=O)c1cnn(C)c1.Cl. The number of aromatic nitrogens is 2. The van der Waals surface area contributed by atoms with Crippen molar-refractivity contribution >= 4 is 22.4 Å². The summed E-state index contributed by atoms with van der Waals surface area (Å²) in [6, 6.07) is 0.0107. The highest BCUT2D eigenvalue weighted by molar-refractivity contribution is 7.89. The topological polar surface area (TPSA) is 81.2 Å². The van der Waals surface area contributed by atoms with Crippen LogP contribution in [0.25, 0.3) is 0 Å². The fourth-order valence-corrected chi connectivity index (χ4v) is 2.67. The summed E-state index contributed by atoms with van der Waals surface area (Å²) < 4.78 is 27.1. The van der Waals surface area contributed by atoms with Gasteiger partial charge in [-0.15, -0.1) is 12.4 Å². The van der Waals surface area contributed by atoms with E-state index in [1.807, 2.05) is 13.8 Å². The van der Waals surface area contributed by atoms with Crippen LogP contribution >= 0.6 is 12.4 Å². The quantitative estimate of drug-likeness (QED) is 0.844. The molecule has 1 aromatic heterocycles. The molecule has 0 aliphatic carbocycles. The van der Waals surface area contributed by atoms with Crippen molar-refractivity contribution in [2.75, 3.05) is 13.6 Å². The molecular weight excluding hydrogens is 288 g/mol. The highest BCUT2D eigenvalue weighted by Gasteiger charge is 2.22. The maximum atomic E-state index is 12.2. The van der Waals surface area contributed by atoms with Crippen molar-refractivity contribution in [3.8, 4) is 0 Å². The third kappa shape index (κ3) is 4.76. The van der Waals surface area contributed by atoms with Gasteiger partial charge in [0.15, 0.2) is 0 Å². The minimum atomic E-state index is -3.45. The summed E-state index contributed by atoms with van der Waals surface area (Å²) in [5, 5.41) is 3.87. The van der Waals surface area contributed by atoms with Crippen molar-refractivity contribution in [2.45, 2.75) is 31.2 Å². The molecule has 0 spiro atoms. The van der Waals surface area contributed by atoms with Crippen molar-refractivity contribution in [3.05, 3.63) is 12.4 Å². The Morgan fingerprint density at radius 2 is 2.05 bits per heavy atom. The molecule has 0 aliphatic heterocycles. The lowest BCUT2D eigenvalue weighted by Gasteiger charge is -2.20. The largest absolute Gasteiger partial charge is 0.327 e. The van der Waals surface area contributed by atoms with E-state index in [1.165, 1.54) is 21.4 Å². The number of aryl methyl sites for hydroxylation is 1. The van der Waals surface area contributed by atoms with E-state index >= 15 is 0 Å². The first-order valence-corrected chi connectivity index (χ1v) is 7.39. The van der Waals surface area contributed by atoms with Crippen LogP contribution in [0.2, 0.25) is 0 Å². The van der Waals surface area contributed by atoms with Gasteiger partial charge in [0.25, 0.3) is 0 Å². The number of halogens is 1. The molecular formula is C11H23ClN4O2S. The molecule has 19 heavy (non-hydrogen) atoms. The standard InChI is InChI=1S/C11H22N4O2S.ClH/c1-9(2)11(12)5-6-15(4)18(16,17)10-7-13-14(3)8-10;/h7-9,11H,5-6,12H2,1-4H3;1H. The average molecular weight is 311 g/mol. The Kier molecular flexibility index (Phi) is 6.99. The van der Waals surface area contributed by atoms with E-state index in [9.17, 15) is 8.42 Å². The number of hydrogen-bond donors (Lipinski definition) is 1. The lowest BCUT2D eigenvalue weighted by atomic mass is 10.0. The zero-order valence-corrected chi connectivity index (χ0v) is 13.4. The second kappa shape index (κ2) is 7.23. The first-order valence-electron chi connectivity index (χ1n) is 5.95. The third-order valence-corrected chi connectivity index (χ3v) is 4.83. The van der Waals surface area contributed by atoms with Gasteiger partial charge in [-0.25, -0.2) is 12.7 Å². The predicted octanol–water partition coefficient (Wildman–Crippen LogP) is 0.836. The van der Waals surface area contributed by atoms with Crippen LogP contribution in [0.15, 0.2) is 17.3 Å². The van der Waals surface area contributed by atoms with Crippen LogP contribution in [0.4, 0.5) is 0 Å². The monoisotopic (exact) mass is 310 g/mol. The van der Waals surface area contributed by atoms with E-state index in [-0.39, 0.29) is 23.3 Å². The summed E-state index contributed by atoms with van der Waals surface area (Å²) in [6.45, 7) is 4.47. The number of nitrogens with zero attached hydrogens (tertiary/aromatic N) is 3. The number of sulfonamides is 1. The molecule has 6 nitrogen and oxygen atoms in total. The molecule has 0 bridgehead atoms. The maximum Gasteiger partial charge on any atom is 0.245 e. The van der Waals surface area contributed by atoms with E-state index in [0.29, 0.717) is 18.9 Å². The Morgan fingerprint density at radius 1 is 1.47 bits per heavy atom. The molecule has 0 saturated heterocycles. The Labute approximate surface area is 121 Å². The predicted molar refractivity (Wildman–Crippen MR) is 77.7 cm³/mol. The molecule has 1 unspecified atom stereocenters. The van der Waals surface area contributed by atoms with Crippen LogP contribution in [0.5, 0.6) is 0 Å². The van der Waals surface area contributed by atoms with Crippen LogP contribution in [0.3, 0.4) is 0 Å². The van der Waals surface area contributed by atoms with Gasteiger partial charge in [0.2, 0.25) is 10.0 Å². The molecule has 1 atom stereocenters. The van der Waals surface area contributed by atoms with Crippen LogP contribution in [0, 0.1) is 5.92 Å². The van der Waals surface area contributed by atoms with Gasteiger partial charge in [-0.05, 0) is 12.3 Å². The first-order chi connectivity index (χ1) is 8.25. The molecule has 1 heterocycles. The molecule has 112 valence electrons. The normalized spacial score (nSPS) is 13.6. The van der Waals surface area contributed by atoms with Crippen LogP contribution in [-0.4, -0.2) is 42.1 Å². The minimum Gasteiger partial charge on any atom is -0.327 e. The van der Waals surface area contributed by atoms with Gasteiger partial charge in [0.05, 0.1) is 6.20 Å². The fraction of sp³-hybridized carbons (Fsp3) is 0.727. The van der Waals surface area contributed by atoms with E-state index < -0.39 is 10.0 Å². The van der Waals surface area contributed by atoms with E-state index in [4.69, 9.17) is 5.73 Å². The molecule has 1 aromatic rings. The Hall–Kier alpha value is -0.630.